The van der Waals surface area contributed by atoms with Crippen LogP contribution in [0.1, 0.15) is 21.6 Å². The van der Waals surface area contributed by atoms with Crippen LogP contribution in [-0.2, 0) is 0 Å². The molecule has 1 amide bonds. The van der Waals surface area contributed by atoms with Crippen molar-refractivity contribution in [3.63, 3.8) is 0 Å². The number of benzene rings is 2. The number of piperazine rings is 1. The van der Waals surface area contributed by atoms with Gasteiger partial charge in [0.1, 0.15) is 11.4 Å². The molecule has 6 nitrogen and oxygen atoms in total. The number of carbonyl (C=O) groups excluding carboxylic acids is 1. The fourth-order valence-corrected chi connectivity index (χ4v) is 4.80. The number of aromatic nitrogens is 2. The fourth-order valence-electron chi connectivity index (χ4n) is 3.79. The lowest BCUT2D eigenvalue weighted by Gasteiger charge is -2.34. The molecule has 0 atom stereocenters. The minimum absolute atomic E-state index is 0.00230. The number of hydrogen-bond donors (Lipinski definition) is 0. The van der Waals surface area contributed by atoms with E-state index in [4.69, 9.17) is 9.72 Å². The van der Waals surface area contributed by atoms with Crippen molar-refractivity contribution < 1.29 is 9.53 Å². The van der Waals surface area contributed by atoms with E-state index in [1.54, 1.807) is 42.8 Å². The maximum absolute atomic E-state index is 13.2. The lowest BCUT2D eigenvalue weighted by Crippen LogP contribution is -2.48. The van der Waals surface area contributed by atoms with Crippen molar-refractivity contribution in [2.75, 3.05) is 38.2 Å². The van der Waals surface area contributed by atoms with Crippen LogP contribution in [0.2, 0.25) is 0 Å². The summed E-state index contributed by atoms with van der Waals surface area (Å²) in [5.41, 5.74) is 2.97. The van der Waals surface area contributed by atoms with Gasteiger partial charge in [-0.1, -0.05) is 35.5 Å². The number of methoxy groups -OCH3 is 1. The fraction of sp³-hybridized carbons (Fsp3) is 0.192. The van der Waals surface area contributed by atoms with E-state index in [0.717, 1.165) is 23.7 Å². The maximum Gasteiger partial charge on any atom is 0.254 e. The third kappa shape index (κ3) is 4.52. The van der Waals surface area contributed by atoms with Crippen LogP contribution in [0.3, 0.4) is 0 Å². The van der Waals surface area contributed by atoms with Gasteiger partial charge in [-0.25, -0.2) is 9.97 Å². The SMILES string of the molecule is COc1ccc(C(=O)N2CCN(c3nc4ccccc4s3)CC2)cc1C#Cc1ccccn1. The number of rotatable bonds is 3. The number of amides is 1. The number of carbonyl (C=O) groups is 1. The second-order valence-corrected chi connectivity index (χ2v) is 8.63. The Bertz CT molecular complexity index is 1320. The standard InChI is InChI=1S/C26H22N4O2S/c1-32-23-12-10-20(18-19(23)9-11-21-6-4-5-13-27-21)25(31)29-14-16-30(17-15-29)26-28-22-7-2-3-8-24(22)33-26/h2-8,10,12-13,18H,14-17H2,1H3. The zero-order valence-electron chi connectivity index (χ0n) is 18.2. The molecule has 4 aromatic rings. The van der Waals surface area contributed by atoms with Gasteiger partial charge in [0, 0.05) is 37.9 Å². The van der Waals surface area contributed by atoms with E-state index >= 15 is 0 Å². The first-order valence-corrected chi connectivity index (χ1v) is 11.5. The molecule has 164 valence electrons. The Hall–Kier alpha value is -3.89. The third-order valence-corrected chi connectivity index (χ3v) is 6.65. The topological polar surface area (TPSA) is 58.6 Å². The number of ether oxygens (including phenoxy) is 1. The van der Waals surface area contributed by atoms with Crippen molar-refractivity contribution in [3.8, 4) is 17.6 Å². The molecule has 1 saturated heterocycles. The van der Waals surface area contributed by atoms with Gasteiger partial charge in [-0.3, -0.25) is 4.79 Å². The molecule has 0 aliphatic carbocycles. The van der Waals surface area contributed by atoms with E-state index in [9.17, 15) is 4.79 Å². The summed E-state index contributed by atoms with van der Waals surface area (Å²) in [4.78, 5) is 26.3. The van der Waals surface area contributed by atoms with Crippen LogP contribution < -0.4 is 9.64 Å². The van der Waals surface area contributed by atoms with Gasteiger partial charge in [-0.2, -0.15) is 0 Å². The molecule has 5 rings (SSSR count). The van der Waals surface area contributed by atoms with Crippen molar-refractivity contribution in [1.29, 1.82) is 0 Å². The first-order valence-electron chi connectivity index (χ1n) is 10.7. The zero-order chi connectivity index (χ0) is 22.6. The second-order valence-electron chi connectivity index (χ2n) is 7.62. The summed E-state index contributed by atoms with van der Waals surface area (Å²) in [6, 6.07) is 19.2. The number of hydrogen-bond acceptors (Lipinski definition) is 6. The van der Waals surface area contributed by atoms with Crippen LogP contribution in [0, 0.1) is 11.8 Å². The summed E-state index contributed by atoms with van der Waals surface area (Å²) < 4.78 is 6.63. The summed E-state index contributed by atoms with van der Waals surface area (Å²) >= 11 is 1.70. The third-order valence-electron chi connectivity index (χ3n) is 5.56. The number of pyridine rings is 1. The molecular formula is C26H22N4O2S. The van der Waals surface area contributed by atoms with E-state index in [-0.39, 0.29) is 5.91 Å². The molecule has 0 radical (unpaired) electrons. The summed E-state index contributed by atoms with van der Waals surface area (Å²) in [5.74, 6) is 6.77. The Kier molecular flexibility index (Phi) is 5.92. The molecule has 7 heteroatoms. The minimum Gasteiger partial charge on any atom is -0.495 e. The van der Waals surface area contributed by atoms with Crippen LogP contribution in [0.15, 0.2) is 66.9 Å². The van der Waals surface area contributed by atoms with Crippen molar-refractivity contribution in [1.82, 2.24) is 14.9 Å². The van der Waals surface area contributed by atoms with Gasteiger partial charge in [0.05, 0.1) is 22.9 Å². The van der Waals surface area contributed by atoms with Gasteiger partial charge in [-0.15, -0.1) is 0 Å². The van der Waals surface area contributed by atoms with Crippen molar-refractivity contribution in [2.45, 2.75) is 0 Å². The minimum atomic E-state index is 0.00230. The van der Waals surface area contributed by atoms with Crippen LogP contribution in [0.4, 0.5) is 5.13 Å². The second kappa shape index (κ2) is 9.31. The lowest BCUT2D eigenvalue weighted by atomic mass is 10.1. The molecule has 0 saturated carbocycles. The molecule has 1 fully saturated rings. The molecule has 1 aliphatic heterocycles. The first kappa shape index (κ1) is 21.0. The summed E-state index contributed by atoms with van der Waals surface area (Å²) in [7, 11) is 1.60. The van der Waals surface area contributed by atoms with Crippen LogP contribution in [0.25, 0.3) is 10.2 Å². The Morgan fingerprint density at radius 3 is 2.58 bits per heavy atom. The highest BCUT2D eigenvalue weighted by molar-refractivity contribution is 7.22. The normalized spacial score (nSPS) is 13.5. The smallest absolute Gasteiger partial charge is 0.254 e. The molecule has 1 aliphatic rings. The highest BCUT2D eigenvalue weighted by Crippen LogP contribution is 2.29. The van der Waals surface area contributed by atoms with E-state index in [2.05, 4.69) is 27.8 Å². The van der Waals surface area contributed by atoms with Crippen LogP contribution >= 0.6 is 11.3 Å². The summed E-state index contributed by atoms with van der Waals surface area (Å²) in [6.45, 7) is 2.81. The number of para-hydroxylation sites is 1. The molecular weight excluding hydrogens is 432 g/mol. The van der Waals surface area contributed by atoms with Gasteiger partial charge in [0.25, 0.3) is 5.91 Å². The largest absolute Gasteiger partial charge is 0.495 e. The molecule has 2 aromatic carbocycles. The quantitative estimate of drug-likeness (QED) is 0.437. The van der Waals surface area contributed by atoms with E-state index in [0.29, 0.717) is 35.7 Å². The molecule has 3 heterocycles. The van der Waals surface area contributed by atoms with E-state index in [1.807, 2.05) is 41.3 Å². The monoisotopic (exact) mass is 454 g/mol. The molecule has 0 bridgehead atoms. The molecule has 33 heavy (non-hydrogen) atoms. The Labute approximate surface area is 196 Å². The zero-order valence-corrected chi connectivity index (χ0v) is 19.0. The Morgan fingerprint density at radius 2 is 1.82 bits per heavy atom. The van der Waals surface area contributed by atoms with Crippen molar-refractivity contribution in [2.24, 2.45) is 0 Å². The number of nitrogens with zero attached hydrogens (tertiary/aromatic N) is 4. The van der Waals surface area contributed by atoms with E-state index < -0.39 is 0 Å². The van der Waals surface area contributed by atoms with Crippen molar-refractivity contribution >= 4 is 32.6 Å². The maximum atomic E-state index is 13.2. The van der Waals surface area contributed by atoms with Crippen molar-refractivity contribution in [3.05, 3.63) is 83.7 Å². The lowest BCUT2D eigenvalue weighted by molar-refractivity contribution is 0.0746. The van der Waals surface area contributed by atoms with E-state index in [1.165, 1.54) is 4.70 Å². The van der Waals surface area contributed by atoms with Crippen LogP contribution in [0.5, 0.6) is 5.75 Å². The summed E-state index contributed by atoms with van der Waals surface area (Å²) in [5, 5.41) is 1.01. The van der Waals surface area contributed by atoms with Gasteiger partial charge in [0.15, 0.2) is 5.13 Å². The highest BCUT2D eigenvalue weighted by Gasteiger charge is 2.24. The summed E-state index contributed by atoms with van der Waals surface area (Å²) in [6.07, 6.45) is 1.70. The number of fused-ring (bicyclic) bond motifs is 1. The Morgan fingerprint density at radius 1 is 1.00 bits per heavy atom. The average Bonchev–Trinajstić information content (AvgIpc) is 3.32. The highest BCUT2D eigenvalue weighted by atomic mass is 32.1. The average molecular weight is 455 g/mol. The van der Waals surface area contributed by atoms with Crippen LogP contribution in [-0.4, -0.2) is 54.1 Å². The van der Waals surface area contributed by atoms with Gasteiger partial charge in [-0.05, 0) is 48.4 Å². The first-order chi connectivity index (χ1) is 16.2. The predicted molar refractivity (Wildman–Crippen MR) is 131 cm³/mol. The molecule has 0 spiro atoms. The number of thiazole rings is 1. The predicted octanol–water partition coefficient (Wildman–Crippen LogP) is 4.06. The van der Waals surface area contributed by atoms with Gasteiger partial charge < -0.3 is 14.5 Å². The molecule has 2 aromatic heterocycles. The molecule has 0 unspecified atom stereocenters. The Balaban J connectivity index is 1.30. The van der Waals surface area contributed by atoms with Gasteiger partial charge >= 0.3 is 0 Å². The number of anilines is 1. The molecule has 0 N–H and O–H groups in total. The van der Waals surface area contributed by atoms with Gasteiger partial charge in [0.2, 0.25) is 0 Å².